The van der Waals surface area contributed by atoms with Gasteiger partial charge in [0.25, 0.3) is 0 Å². The molecule has 120 valence electrons. The molecule has 0 spiro atoms. The molecule has 1 heterocycles. The van der Waals surface area contributed by atoms with Crippen LogP contribution in [0.25, 0.3) is 0 Å². The van der Waals surface area contributed by atoms with E-state index in [1.165, 1.54) is 16.7 Å². The molecular formula is C15H17BrNO4S-. The SMILES string of the molecule is CC(C)(C)OC(=O)N1[C@H](C(=O)[O-])CS[C@H]1c1ccc(Br)cc1. The van der Waals surface area contributed by atoms with Crippen molar-refractivity contribution in [2.24, 2.45) is 0 Å². The smallest absolute Gasteiger partial charge is 0.412 e. The van der Waals surface area contributed by atoms with Crippen molar-refractivity contribution in [3.63, 3.8) is 0 Å². The van der Waals surface area contributed by atoms with E-state index >= 15 is 0 Å². The minimum absolute atomic E-state index is 0.280. The number of carbonyl (C=O) groups is 2. The summed E-state index contributed by atoms with van der Waals surface area (Å²) in [4.78, 5) is 25.0. The maximum atomic E-state index is 12.4. The topological polar surface area (TPSA) is 69.7 Å². The summed E-state index contributed by atoms with van der Waals surface area (Å²) in [6.07, 6.45) is -0.639. The Kier molecular flexibility index (Phi) is 5.07. The Morgan fingerprint density at radius 2 is 1.91 bits per heavy atom. The molecule has 2 rings (SSSR count). The molecule has 0 aliphatic carbocycles. The van der Waals surface area contributed by atoms with Crippen molar-refractivity contribution >= 4 is 39.8 Å². The third-order valence-corrected chi connectivity index (χ3v) is 4.88. The monoisotopic (exact) mass is 386 g/mol. The van der Waals surface area contributed by atoms with Crippen LogP contribution < -0.4 is 5.11 Å². The average Bonchev–Trinajstić information content (AvgIpc) is 2.82. The number of hydrogen-bond acceptors (Lipinski definition) is 5. The van der Waals surface area contributed by atoms with Gasteiger partial charge in [0.15, 0.2) is 0 Å². The van der Waals surface area contributed by atoms with Crippen LogP contribution in [0.1, 0.15) is 31.7 Å². The van der Waals surface area contributed by atoms with E-state index < -0.39 is 29.1 Å². The highest BCUT2D eigenvalue weighted by molar-refractivity contribution is 9.10. The van der Waals surface area contributed by atoms with Crippen molar-refractivity contribution in [1.29, 1.82) is 0 Å². The van der Waals surface area contributed by atoms with Gasteiger partial charge >= 0.3 is 6.09 Å². The minimum atomic E-state index is -1.27. The molecule has 1 fully saturated rings. The van der Waals surface area contributed by atoms with Gasteiger partial charge in [0.05, 0.1) is 12.0 Å². The van der Waals surface area contributed by atoms with Crippen molar-refractivity contribution < 1.29 is 19.4 Å². The van der Waals surface area contributed by atoms with Gasteiger partial charge in [0.1, 0.15) is 11.0 Å². The van der Waals surface area contributed by atoms with Gasteiger partial charge in [-0.1, -0.05) is 28.1 Å². The molecule has 0 radical (unpaired) electrons. The van der Waals surface area contributed by atoms with Crippen LogP contribution >= 0.6 is 27.7 Å². The van der Waals surface area contributed by atoms with Gasteiger partial charge in [0.2, 0.25) is 0 Å². The van der Waals surface area contributed by atoms with Crippen molar-refractivity contribution in [3.8, 4) is 0 Å². The Hall–Kier alpha value is -1.21. The Balaban J connectivity index is 2.30. The second-order valence-corrected chi connectivity index (χ2v) is 7.99. The largest absolute Gasteiger partial charge is 0.548 e. The lowest BCUT2D eigenvalue weighted by molar-refractivity contribution is -0.310. The van der Waals surface area contributed by atoms with Crippen LogP contribution in [0.3, 0.4) is 0 Å². The fourth-order valence-electron chi connectivity index (χ4n) is 2.11. The normalized spacial score (nSPS) is 21.7. The van der Waals surface area contributed by atoms with Crippen LogP contribution in [-0.4, -0.2) is 34.4 Å². The molecule has 2 atom stereocenters. The second kappa shape index (κ2) is 6.50. The van der Waals surface area contributed by atoms with Gasteiger partial charge in [0, 0.05) is 10.2 Å². The highest BCUT2D eigenvalue weighted by Crippen LogP contribution is 2.42. The summed E-state index contributed by atoms with van der Waals surface area (Å²) in [5, 5.41) is 10.9. The number of hydrogen-bond donors (Lipinski definition) is 0. The molecular weight excluding hydrogens is 370 g/mol. The van der Waals surface area contributed by atoms with E-state index in [4.69, 9.17) is 4.74 Å². The third kappa shape index (κ3) is 3.95. The number of halogens is 1. The molecule has 1 aliphatic rings. The Bertz CT molecular complexity index is 570. The summed E-state index contributed by atoms with van der Waals surface area (Å²) in [7, 11) is 0. The zero-order chi connectivity index (χ0) is 16.5. The maximum absolute atomic E-state index is 12.4. The molecule has 5 nitrogen and oxygen atoms in total. The lowest BCUT2D eigenvalue weighted by Crippen LogP contribution is -2.50. The van der Waals surface area contributed by atoms with E-state index in [1.54, 1.807) is 20.8 Å². The van der Waals surface area contributed by atoms with E-state index in [2.05, 4.69) is 15.9 Å². The quantitative estimate of drug-likeness (QED) is 0.780. The highest BCUT2D eigenvalue weighted by atomic mass is 79.9. The first-order valence-electron chi connectivity index (χ1n) is 6.78. The van der Waals surface area contributed by atoms with Crippen molar-refractivity contribution in [2.75, 3.05) is 5.75 Å². The van der Waals surface area contributed by atoms with Gasteiger partial charge in [-0.25, -0.2) is 4.79 Å². The number of carboxylic acid groups (broad SMARTS) is 1. The predicted octanol–water partition coefficient (Wildman–Crippen LogP) is 2.55. The Morgan fingerprint density at radius 3 is 2.41 bits per heavy atom. The van der Waals surface area contributed by atoms with Gasteiger partial charge in [-0.2, -0.15) is 0 Å². The maximum Gasteiger partial charge on any atom is 0.412 e. The number of rotatable bonds is 2. The molecule has 1 aromatic carbocycles. The van der Waals surface area contributed by atoms with Crippen LogP contribution in [0.4, 0.5) is 4.79 Å². The average molecular weight is 387 g/mol. The molecule has 0 unspecified atom stereocenters. The molecule has 1 aromatic rings. The standard InChI is InChI=1S/C15H18BrNO4S/c1-15(2,3)21-14(20)17-11(13(18)19)8-22-12(17)9-4-6-10(16)7-5-9/h4-7,11-12H,8H2,1-3H3,(H,18,19)/p-1/t11-,12-/m0/s1. The lowest BCUT2D eigenvalue weighted by atomic mass is 10.2. The van der Waals surface area contributed by atoms with Crippen LogP contribution in [0.5, 0.6) is 0 Å². The van der Waals surface area contributed by atoms with E-state index in [-0.39, 0.29) is 5.75 Å². The van der Waals surface area contributed by atoms with Crippen molar-refractivity contribution in [1.82, 2.24) is 4.90 Å². The number of carbonyl (C=O) groups excluding carboxylic acids is 2. The number of ether oxygens (including phenoxy) is 1. The number of amides is 1. The molecule has 1 aliphatic heterocycles. The summed E-state index contributed by atoms with van der Waals surface area (Å²) in [5.74, 6) is -0.986. The Labute approximate surface area is 142 Å². The molecule has 22 heavy (non-hydrogen) atoms. The zero-order valence-electron chi connectivity index (χ0n) is 12.5. The van der Waals surface area contributed by atoms with Crippen molar-refractivity contribution in [3.05, 3.63) is 34.3 Å². The molecule has 1 amide bonds. The molecule has 0 saturated carbocycles. The van der Waals surface area contributed by atoms with Crippen LogP contribution in [0.2, 0.25) is 0 Å². The summed E-state index contributed by atoms with van der Waals surface area (Å²) >= 11 is 4.75. The number of aliphatic carboxylic acids is 1. The molecule has 0 N–H and O–H groups in total. The summed E-state index contributed by atoms with van der Waals surface area (Å²) in [6, 6.07) is 6.44. The number of thioether (sulfide) groups is 1. The Morgan fingerprint density at radius 1 is 1.32 bits per heavy atom. The summed E-state index contributed by atoms with van der Waals surface area (Å²) in [6.45, 7) is 5.24. The fraction of sp³-hybridized carbons (Fsp3) is 0.467. The minimum Gasteiger partial charge on any atom is -0.548 e. The second-order valence-electron chi connectivity index (χ2n) is 5.96. The lowest BCUT2D eigenvalue weighted by Gasteiger charge is -2.32. The van der Waals surface area contributed by atoms with Crippen LogP contribution in [-0.2, 0) is 9.53 Å². The first kappa shape index (κ1) is 17.1. The zero-order valence-corrected chi connectivity index (χ0v) is 14.9. The van der Waals surface area contributed by atoms with Crippen molar-refractivity contribution in [2.45, 2.75) is 37.8 Å². The molecule has 0 bridgehead atoms. The van der Waals surface area contributed by atoms with Gasteiger partial charge in [-0.15, -0.1) is 11.8 Å². The first-order chi connectivity index (χ1) is 10.2. The van der Waals surface area contributed by atoms with Crippen LogP contribution in [0.15, 0.2) is 28.7 Å². The predicted molar refractivity (Wildman–Crippen MR) is 86.2 cm³/mol. The highest BCUT2D eigenvalue weighted by Gasteiger charge is 2.41. The third-order valence-electron chi connectivity index (χ3n) is 3.03. The molecule has 1 saturated heterocycles. The number of benzene rings is 1. The van der Waals surface area contributed by atoms with E-state index in [0.717, 1.165) is 10.0 Å². The fourth-order valence-corrected chi connectivity index (χ4v) is 3.78. The van der Waals surface area contributed by atoms with Crippen LogP contribution in [0, 0.1) is 0 Å². The summed E-state index contributed by atoms with van der Waals surface area (Å²) in [5.41, 5.74) is 0.160. The van der Waals surface area contributed by atoms with Gasteiger partial charge < -0.3 is 14.6 Å². The molecule has 0 aromatic heterocycles. The number of nitrogens with zero attached hydrogens (tertiary/aromatic N) is 1. The van der Waals surface area contributed by atoms with E-state index in [9.17, 15) is 14.7 Å². The van der Waals surface area contributed by atoms with E-state index in [1.807, 2.05) is 24.3 Å². The van der Waals surface area contributed by atoms with Gasteiger partial charge in [-0.3, -0.25) is 4.90 Å². The molecule has 7 heteroatoms. The first-order valence-corrected chi connectivity index (χ1v) is 8.62. The number of carboxylic acids is 1. The summed E-state index contributed by atoms with van der Waals surface area (Å²) < 4.78 is 6.27. The van der Waals surface area contributed by atoms with E-state index in [0.29, 0.717) is 0 Å². The van der Waals surface area contributed by atoms with Gasteiger partial charge in [-0.05, 0) is 38.5 Å².